The maximum Gasteiger partial charge on any atom is 0.330 e. The molecule has 2 N–H and O–H groups in total. The molecule has 0 radical (unpaired) electrons. The van der Waals surface area contributed by atoms with E-state index in [-0.39, 0.29) is 10.8 Å². The fourth-order valence-electron chi connectivity index (χ4n) is 2.94. The minimum Gasteiger partial charge on any atom is -0.405 e. The smallest absolute Gasteiger partial charge is 0.330 e. The molecule has 30 heavy (non-hydrogen) atoms. The summed E-state index contributed by atoms with van der Waals surface area (Å²) in [5.74, 6) is -0.604. The van der Waals surface area contributed by atoms with Gasteiger partial charge in [-0.05, 0) is 32.0 Å². The van der Waals surface area contributed by atoms with Gasteiger partial charge in [0.1, 0.15) is 11.0 Å². The van der Waals surface area contributed by atoms with E-state index in [4.69, 9.17) is 4.74 Å². The summed E-state index contributed by atoms with van der Waals surface area (Å²) in [5, 5.41) is 3.34. The van der Waals surface area contributed by atoms with Crippen LogP contribution >= 0.6 is 11.3 Å². The number of benzene rings is 2. The molecule has 7 nitrogen and oxygen atoms in total. The Labute approximate surface area is 177 Å². The van der Waals surface area contributed by atoms with Crippen molar-refractivity contribution in [1.29, 1.82) is 0 Å². The number of aromatic amines is 1. The number of H-pyrrole nitrogens is 1. The maximum atomic E-state index is 12.5. The number of sulfonamides is 1. The highest BCUT2D eigenvalue weighted by molar-refractivity contribution is 7.89. The minimum atomic E-state index is -3.84. The van der Waals surface area contributed by atoms with E-state index in [2.05, 4.69) is 14.7 Å². The number of ether oxygens (including phenoxy) is 1. The summed E-state index contributed by atoms with van der Waals surface area (Å²) in [7, 11) is -3.84. The molecular weight excluding hydrogens is 422 g/mol. The summed E-state index contributed by atoms with van der Waals surface area (Å²) in [6.45, 7) is 3.29. The van der Waals surface area contributed by atoms with Gasteiger partial charge < -0.3 is 9.72 Å². The number of aryl methyl sites for hydroxylation is 1. The number of hydrogen-bond acceptors (Lipinski definition) is 6. The Morgan fingerprint density at radius 3 is 2.67 bits per heavy atom. The molecule has 2 heterocycles. The summed E-state index contributed by atoms with van der Waals surface area (Å²) in [6.07, 6.45) is 1.85. The van der Waals surface area contributed by atoms with Gasteiger partial charge in [-0.3, -0.25) is 0 Å². The van der Waals surface area contributed by atoms with Gasteiger partial charge in [0.05, 0.1) is 10.3 Å². The number of para-hydroxylation sites is 1. The molecule has 0 saturated carbocycles. The van der Waals surface area contributed by atoms with E-state index in [1.54, 1.807) is 17.5 Å². The molecule has 4 aromatic rings. The highest BCUT2D eigenvalue weighted by Gasteiger charge is 2.24. The Balaban J connectivity index is 1.46. The van der Waals surface area contributed by atoms with E-state index in [0.29, 0.717) is 5.01 Å². The van der Waals surface area contributed by atoms with Crippen LogP contribution < -0.4 is 9.46 Å². The van der Waals surface area contributed by atoms with E-state index in [9.17, 15) is 13.2 Å². The number of nitrogens with one attached hydrogen (secondary N) is 2. The van der Waals surface area contributed by atoms with Crippen molar-refractivity contribution in [2.45, 2.75) is 24.8 Å². The molecule has 154 valence electrons. The Morgan fingerprint density at radius 1 is 1.17 bits per heavy atom. The van der Waals surface area contributed by atoms with Crippen LogP contribution in [0.2, 0.25) is 0 Å². The molecule has 0 aliphatic carbocycles. The first-order valence-corrected chi connectivity index (χ1v) is 11.5. The first-order chi connectivity index (χ1) is 14.3. The molecule has 0 aliphatic heterocycles. The van der Waals surface area contributed by atoms with Crippen LogP contribution in [0.5, 0.6) is 5.88 Å². The number of aromatic nitrogens is 2. The summed E-state index contributed by atoms with van der Waals surface area (Å²) < 4.78 is 32.5. The molecule has 0 fully saturated rings. The minimum absolute atomic E-state index is 0.0861. The van der Waals surface area contributed by atoms with E-state index < -0.39 is 22.0 Å². The Morgan fingerprint density at radius 2 is 1.90 bits per heavy atom. The summed E-state index contributed by atoms with van der Waals surface area (Å²) in [4.78, 5) is 20.0. The number of thiazole rings is 1. The van der Waals surface area contributed by atoms with Crippen molar-refractivity contribution in [2.75, 3.05) is 0 Å². The Bertz CT molecular complexity index is 1310. The van der Waals surface area contributed by atoms with Gasteiger partial charge in [-0.1, -0.05) is 35.9 Å². The third-order valence-electron chi connectivity index (χ3n) is 4.52. The first-order valence-electron chi connectivity index (χ1n) is 9.16. The zero-order valence-electron chi connectivity index (χ0n) is 16.2. The SMILES string of the molecule is Cc1ccc(S(=O)(=O)NC(C)C(=O)Oc2csc(-c3c[nH]c4ccccc34)n2)cc1. The van der Waals surface area contributed by atoms with E-state index in [1.807, 2.05) is 37.4 Å². The van der Waals surface area contributed by atoms with Crippen molar-refractivity contribution in [3.63, 3.8) is 0 Å². The molecular formula is C21H19N3O4S2. The normalized spacial score (nSPS) is 12.7. The largest absolute Gasteiger partial charge is 0.405 e. The van der Waals surface area contributed by atoms with Crippen molar-refractivity contribution in [2.24, 2.45) is 0 Å². The zero-order valence-corrected chi connectivity index (χ0v) is 17.9. The second kappa shape index (κ2) is 8.02. The second-order valence-corrected chi connectivity index (χ2v) is 9.39. The Hall–Kier alpha value is -3.01. The number of fused-ring (bicyclic) bond motifs is 1. The van der Waals surface area contributed by atoms with E-state index in [0.717, 1.165) is 22.0 Å². The van der Waals surface area contributed by atoms with Gasteiger partial charge in [-0.2, -0.15) is 4.72 Å². The summed E-state index contributed by atoms with van der Waals surface area (Å²) >= 11 is 1.34. The molecule has 0 amide bonds. The van der Waals surface area contributed by atoms with Crippen LogP contribution in [0.15, 0.2) is 65.0 Å². The molecule has 1 atom stereocenters. The van der Waals surface area contributed by atoms with Gasteiger partial charge in [-0.15, -0.1) is 11.3 Å². The molecule has 2 aromatic heterocycles. The topological polar surface area (TPSA) is 101 Å². The number of hydrogen-bond donors (Lipinski definition) is 2. The number of rotatable bonds is 6. The highest BCUT2D eigenvalue weighted by atomic mass is 32.2. The number of nitrogens with zero attached hydrogens (tertiary/aromatic N) is 1. The molecule has 1 unspecified atom stereocenters. The third kappa shape index (κ3) is 4.13. The maximum absolute atomic E-state index is 12.5. The number of carbonyl (C=O) groups is 1. The Kier molecular flexibility index (Phi) is 5.42. The van der Waals surface area contributed by atoms with Crippen molar-refractivity contribution >= 4 is 38.2 Å². The predicted molar refractivity (Wildman–Crippen MR) is 116 cm³/mol. The van der Waals surface area contributed by atoms with Gasteiger partial charge in [0.2, 0.25) is 15.9 Å². The standard InChI is InChI=1S/C21H19N3O4S2/c1-13-7-9-15(10-8-13)30(26,27)24-14(2)21(25)28-19-12-29-20(23-19)17-11-22-18-6-4-3-5-16(17)18/h3-12,14,22,24H,1-2H3. The molecule has 0 saturated heterocycles. The van der Waals surface area contributed by atoms with Crippen LogP contribution in [-0.4, -0.2) is 30.4 Å². The van der Waals surface area contributed by atoms with Crippen molar-refractivity contribution in [1.82, 2.24) is 14.7 Å². The van der Waals surface area contributed by atoms with E-state index >= 15 is 0 Å². The van der Waals surface area contributed by atoms with Gasteiger partial charge in [-0.25, -0.2) is 18.2 Å². The van der Waals surface area contributed by atoms with Crippen LogP contribution in [0.3, 0.4) is 0 Å². The summed E-state index contributed by atoms with van der Waals surface area (Å²) in [5.41, 5.74) is 2.84. The molecule has 0 spiro atoms. The zero-order chi connectivity index (χ0) is 21.3. The average molecular weight is 442 g/mol. The van der Waals surface area contributed by atoms with Crippen LogP contribution in [0.25, 0.3) is 21.5 Å². The van der Waals surface area contributed by atoms with Crippen molar-refractivity contribution in [3.05, 3.63) is 65.7 Å². The monoisotopic (exact) mass is 441 g/mol. The lowest BCUT2D eigenvalue weighted by Crippen LogP contribution is -2.40. The first kappa shape index (κ1) is 20.3. The van der Waals surface area contributed by atoms with Crippen LogP contribution in [0, 0.1) is 6.92 Å². The number of esters is 1. The third-order valence-corrected chi connectivity index (χ3v) is 6.94. The lowest BCUT2D eigenvalue weighted by molar-refractivity contribution is -0.136. The molecule has 9 heteroatoms. The predicted octanol–water partition coefficient (Wildman–Crippen LogP) is 3.87. The molecule has 0 aliphatic rings. The number of carbonyl (C=O) groups excluding carboxylic acids is 1. The van der Waals surface area contributed by atoms with Crippen LogP contribution in [0.4, 0.5) is 0 Å². The lowest BCUT2D eigenvalue weighted by atomic mass is 10.2. The van der Waals surface area contributed by atoms with Gasteiger partial charge in [0.25, 0.3) is 0 Å². The fraction of sp³-hybridized carbons (Fsp3) is 0.143. The van der Waals surface area contributed by atoms with Crippen LogP contribution in [0.1, 0.15) is 12.5 Å². The molecule has 2 aromatic carbocycles. The average Bonchev–Trinajstić information content (AvgIpc) is 3.34. The molecule has 0 bridgehead atoms. The quantitative estimate of drug-likeness (QED) is 0.442. The van der Waals surface area contributed by atoms with Crippen LogP contribution in [-0.2, 0) is 14.8 Å². The molecule has 4 rings (SSSR count). The van der Waals surface area contributed by atoms with Crippen molar-refractivity contribution in [3.8, 4) is 16.5 Å². The van der Waals surface area contributed by atoms with Crippen molar-refractivity contribution < 1.29 is 17.9 Å². The van der Waals surface area contributed by atoms with E-state index in [1.165, 1.54) is 30.4 Å². The highest BCUT2D eigenvalue weighted by Crippen LogP contribution is 2.32. The second-order valence-electron chi connectivity index (χ2n) is 6.82. The van der Waals surface area contributed by atoms with Gasteiger partial charge in [0, 0.05) is 22.7 Å². The van der Waals surface area contributed by atoms with Gasteiger partial charge >= 0.3 is 5.97 Å². The summed E-state index contributed by atoms with van der Waals surface area (Å²) in [6, 6.07) is 13.1. The fourth-order valence-corrected chi connectivity index (χ4v) is 4.88. The lowest BCUT2D eigenvalue weighted by Gasteiger charge is -2.12. The van der Waals surface area contributed by atoms with Gasteiger partial charge in [0.15, 0.2) is 0 Å².